The average molecular weight is 235 g/mol. The van der Waals surface area contributed by atoms with Gasteiger partial charge in [0.2, 0.25) is 0 Å². The van der Waals surface area contributed by atoms with Gasteiger partial charge in [-0.05, 0) is 43.6 Å². The van der Waals surface area contributed by atoms with E-state index in [1.54, 1.807) is 11.3 Å². The first-order valence-corrected chi connectivity index (χ1v) is 7.02. The van der Waals surface area contributed by atoms with E-state index in [1.807, 2.05) is 0 Å². The number of amides is 1. The Labute approximate surface area is 100 Å². The van der Waals surface area contributed by atoms with Crippen molar-refractivity contribution < 1.29 is 4.79 Å². The summed E-state index contributed by atoms with van der Waals surface area (Å²) < 4.78 is 0. The van der Waals surface area contributed by atoms with E-state index in [0.29, 0.717) is 6.04 Å². The molecule has 1 heterocycles. The first-order valence-electron chi connectivity index (χ1n) is 6.14. The Morgan fingerprint density at radius 2 is 2.25 bits per heavy atom. The second kappa shape index (κ2) is 3.88. The lowest BCUT2D eigenvalue weighted by Crippen LogP contribution is -2.26. The van der Waals surface area contributed by atoms with Crippen LogP contribution in [-0.2, 0) is 12.8 Å². The SMILES string of the molecule is CC1CCc2c(C(=O)NC3CC3)csc2C1. The van der Waals surface area contributed by atoms with Crippen molar-refractivity contribution in [3.63, 3.8) is 0 Å². The molecule has 0 radical (unpaired) electrons. The number of rotatable bonds is 2. The van der Waals surface area contributed by atoms with E-state index in [4.69, 9.17) is 0 Å². The maximum Gasteiger partial charge on any atom is 0.252 e. The molecule has 3 rings (SSSR count). The summed E-state index contributed by atoms with van der Waals surface area (Å²) in [5.41, 5.74) is 2.29. The predicted molar refractivity (Wildman–Crippen MR) is 66.0 cm³/mol. The van der Waals surface area contributed by atoms with E-state index in [1.165, 1.54) is 16.9 Å². The third kappa shape index (κ3) is 1.88. The monoisotopic (exact) mass is 235 g/mol. The lowest BCUT2D eigenvalue weighted by atomic mass is 9.88. The first kappa shape index (κ1) is 10.3. The minimum atomic E-state index is 0.162. The van der Waals surface area contributed by atoms with Gasteiger partial charge in [0.05, 0.1) is 5.56 Å². The van der Waals surface area contributed by atoms with E-state index in [0.717, 1.165) is 37.2 Å². The number of thiophene rings is 1. The maximum absolute atomic E-state index is 12.0. The van der Waals surface area contributed by atoms with Gasteiger partial charge in [-0.15, -0.1) is 11.3 Å². The molecule has 1 amide bonds. The molecule has 1 aromatic heterocycles. The van der Waals surface area contributed by atoms with Gasteiger partial charge < -0.3 is 5.32 Å². The maximum atomic E-state index is 12.0. The van der Waals surface area contributed by atoms with Crippen LogP contribution in [0.3, 0.4) is 0 Å². The molecule has 0 bridgehead atoms. The van der Waals surface area contributed by atoms with Gasteiger partial charge in [-0.25, -0.2) is 0 Å². The predicted octanol–water partition coefficient (Wildman–Crippen LogP) is 2.77. The minimum absolute atomic E-state index is 0.162. The summed E-state index contributed by atoms with van der Waals surface area (Å²) in [6.07, 6.45) is 5.81. The lowest BCUT2D eigenvalue weighted by Gasteiger charge is -2.18. The van der Waals surface area contributed by atoms with Crippen LogP contribution < -0.4 is 5.32 Å². The van der Waals surface area contributed by atoms with Crippen molar-refractivity contribution in [1.29, 1.82) is 0 Å². The van der Waals surface area contributed by atoms with Crippen LogP contribution in [0.2, 0.25) is 0 Å². The summed E-state index contributed by atoms with van der Waals surface area (Å²) in [4.78, 5) is 13.4. The highest BCUT2D eigenvalue weighted by Crippen LogP contribution is 2.33. The van der Waals surface area contributed by atoms with Gasteiger partial charge in [-0.3, -0.25) is 4.79 Å². The summed E-state index contributed by atoms with van der Waals surface area (Å²) in [6.45, 7) is 2.30. The summed E-state index contributed by atoms with van der Waals surface area (Å²) >= 11 is 1.77. The molecule has 0 aromatic carbocycles. The van der Waals surface area contributed by atoms with Crippen molar-refractivity contribution in [3.8, 4) is 0 Å². The Kier molecular flexibility index (Phi) is 2.51. The molecule has 1 unspecified atom stereocenters. The summed E-state index contributed by atoms with van der Waals surface area (Å²) in [6, 6.07) is 0.463. The van der Waals surface area contributed by atoms with Crippen LogP contribution >= 0.6 is 11.3 Å². The van der Waals surface area contributed by atoms with E-state index in [2.05, 4.69) is 17.6 Å². The van der Waals surface area contributed by atoms with E-state index >= 15 is 0 Å². The van der Waals surface area contributed by atoms with Crippen LogP contribution in [0, 0.1) is 5.92 Å². The third-order valence-corrected chi connectivity index (χ3v) is 4.61. The standard InChI is InChI=1S/C13H17NOS/c1-8-2-5-10-11(7-16-12(10)6-8)13(15)14-9-3-4-9/h7-9H,2-6H2,1H3,(H,14,15). The molecule has 1 atom stereocenters. The van der Waals surface area contributed by atoms with Crippen LogP contribution in [0.25, 0.3) is 0 Å². The third-order valence-electron chi connectivity index (χ3n) is 3.56. The second-order valence-electron chi connectivity index (χ2n) is 5.15. The average Bonchev–Trinajstić information content (AvgIpc) is 2.96. The van der Waals surface area contributed by atoms with Crippen molar-refractivity contribution >= 4 is 17.2 Å². The first-order chi connectivity index (χ1) is 7.74. The number of hydrogen-bond acceptors (Lipinski definition) is 2. The molecule has 3 heteroatoms. The van der Waals surface area contributed by atoms with E-state index < -0.39 is 0 Å². The Morgan fingerprint density at radius 3 is 3.00 bits per heavy atom. The van der Waals surface area contributed by atoms with E-state index in [9.17, 15) is 4.79 Å². The van der Waals surface area contributed by atoms with Gasteiger partial charge in [-0.1, -0.05) is 6.92 Å². The Bertz CT molecular complexity index is 420. The fraction of sp³-hybridized carbons (Fsp3) is 0.615. The van der Waals surface area contributed by atoms with Crippen molar-refractivity contribution in [3.05, 3.63) is 21.4 Å². The molecule has 16 heavy (non-hydrogen) atoms. The largest absolute Gasteiger partial charge is 0.349 e. The molecule has 1 saturated carbocycles. The van der Waals surface area contributed by atoms with Gasteiger partial charge in [0, 0.05) is 16.3 Å². The van der Waals surface area contributed by atoms with Crippen LogP contribution in [0.1, 0.15) is 47.0 Å². The fourth-order valence-corrected chi connectivity index (χ4v) is 3.60. The van der Waals surface area contributed by atoms with Crippen molar-refractivity contribution in [2.75, 3.05) is 0 Å². The van der Waals surface area contributed by atoms with Crippen molar-refractivity contribution in [1.82, 2.24) is 5.32 Å². The number of fused-ring (bicyclic) bond motifs is 1. The Hall–Kier alpha value is -0.830. The normalized spacial score (nSPS) is 23.9. The quantitative estimate of drug-likeness (QED) is 0.839. The number of carbonyl (C=O) groups excluding carboxylic acids is 1. The molecule has 2 nitrogen and oxygen atoms in total. The second-order valence-corrected chi connectivity index (χ2v) is 6.11. The zero-order valence-electron chi connectivity index (χ0n) is 9.58. The molecule has 2 aliphatic rings. The van der Waals surface area contributed by atoms with Crippen LogP contribution in [0.5, 0.6) is 0 Å². The zero-order chi connectivity index (χ0) is 11.1. The molecule has 86 valence electrons. The Balaban J connectivity index is 1.82. The highest BCUT2D eigenvalue weighted by Gasteiger charge is 2.27. The van der Waals surface area contributed by atoms with Gasteiger partial charge in [0.25, 0.3) is 5.91 Å². The van der Waals surface area contributed by atoms with Gasteiger partial charge in [-0.2, -0.15) is 0 Å². The summed E-state index contributed by atoms with van der Waals surface area (Å²) in [7, 11) is 0. The molecule has 0 saturated heterocycles. The molecule has 1 aromatic rings. The van der Waals surface area contributed by atoms with Gasteiger partial charge >= 0.3 is 0 Å². The highest BCUT2D eigenvalue weighted by molar-refractivity contribution is 7.10. The number of hydrogen-bond donors (Lipinski definition) is 1. The van der Waals surface area contributed by atoms with Crippen molar-refractivity contribution in [2.24, 2.45) is 5.92 Å². The topological polar surface area (TPSA) is 29.1 Å². The molecule has 1 fully saturated rings. The molecule has 0 aliphatic heterocycles. The smallest absolute Gasteiger partial charge is 0.252 e. The summed E-state index contributed by atoms with van der Waals surface area (Å²) in [5, 5.41) is 5.14. The van der Waals surface area contributed by atoms with Crippen LogP contribution in [-0.4, -0.2) is 11.9 Å². The van der Waals surface area contributed by atoms with Gasteiger partial charge in [0.1, 0.15) is 0 Å². The lowest BCUT2D eigenvalue weighted by molar-refractivity contribution is 0.0950. The molecule has 1 N–H and O–H groups in total. The molecular formula is C13H17NOS. The zero-order valence-corrected chi connectivity index (χ0v) is 10.4. The summed E-state index contributed by atoms with van der Waals surface area (Å²) in [5.74, 6) is 0.944. The van der Waals surface area contributed by atoms with Crippen LogP contribution in [0.15, 0.2) is 5.38 Å². The molecule has 2 aliphatic carbocycles. The van der Waals surface area contributed by atoms with E-state index in [-0.39, 0.29) is 5.91 Å². The minimum Gasteiger partial charge on any atom is -0.349 e. The number of carbonyl (C=O) groups is 1. The fourth-order valence-electron chi connectivity index (χ4n) is 2.36. The number of nitrogens with one attached hydrogen (secondary N) is 1. The van der Waals surface area contributed by atoms with Gasteiger partial charge in [0.15, 0.2) is 0 Å². The highest BCUT2D eigenvalue weighted by atomic mass is 32.1. The Morgan fingerprint density at radius 1 is 1.44 bits per heavy atom. The molecule has 0 spiro atoms. The molecular weight excluding hydrogens is 218 g/mol. The van der Waals surface area contributed by atoms with Crippen LogP contribution in [0.4, 0.5) is 0 Å². The van der Waals surface area contributed by atoms with Crippen molar-refractivity contribution in [2.45, 2.75) is 45.1 Å².